The van der Waals surface area contributed by atoms with E-state index in [2.05, 4.69) is 11.4 Å². The second kappa shape index (κ2) is 5.98. The van der Waals surface area contributed by atoms with Crippen LogP contribution in [-0.2, 0) is 6.54 Å². The van der Waals surface area contributed by atoms with Crippen molar-refractivity contribution < 1.29 is 9.13 Å². The van der Waals surface area contributed by atoms with E-state index in [-0.39, 0.29) is 11.9 Å². The Bertz CT molecular complexity index is 499. The van der Waals surface area contributed by atoms with E-state index in [4.69, 9.17) is 4.74 Å². The van der Waals surface area contributed by atoms with Crippen LogP contribution in [0.3, 0.4) is 0 Å². The third-order valence-electron chi connectivity index (χ3n) is 2.82. The summed E-state index contributed by atoms with van der Waals surface area (Å²) in [7, 11) is 1.60. The van der Waals surface area contributed by atoms with Crippen LogP contribution in [0, 0.1) is 5.82 Å². The molecule has 1 N–H and O–H groups in total. The molecule has 1 heterocycles. The van der Waals surface area contributed by atoms with Gasteiger partial charge in [0.25, 0.3) is 0 Å². The number of methoxy groups -OCH3 is 1. The van der Waals surface area contributed by atoms with Gasteiger partial charge in [0.05, 0.1) is 7.11 Å². The Balaban J connectivity index is 2.08. The molecule has 1 atom stereocenters. The molecule has 0 saturated heterocycles. The Morgan fingerprint density at radius 3 is 2.89 bits per heavy atom. The fourth-order valence-corrected chi connectivity index (χ4v) is 2.48. The second-order valence-electron chi connectivity index (χ2n) is 4.07. The van der Waals surface area contributed by atoms with Crippen LogP contribution < -0.4 is 10.1 Å². The number of rotatable bonds is 5. The van der Waals surface area contributed by atoms with Gasteiger partial charge in [-0.1, -0.05) is 6.07 Å². The Morgan fingerprint density at radius 1 is 1.39 bits per heavy atom. The van der Waals surface area contributed by atoms with E-state index in [0.29, 0.717) is 5.75 Å². The van der Waals surface area contributed by atoms with Gasteiger partial charge in [-0.15, -0.1) is 11.3 Å². The summed E-state index contributed by atoms with van der Waals surface area (Å²) in [6.07, 6.45) is 0. The largest absolute Gasteiger partial charge is 0.496 e. The lowest BCUT2D eigenvalue weighted by atomic mass is 10.1. The smallest absolute Gasteiger partial charge is 0.123 e. The molecular formula is C14H16FNOS. The lowest BCUT2D eigenvalue weighted by Crippen LogP contribution is -2.18. The molecule has 0 bridgehead atoms. The first-order valence-corrected chi connectivity index (χ1v) is 6.68. The molecule has 0 unspecified atom stereocenters. The van der Waals surface area contributed by atoms with Gasteiger partial charge in [0.2, 0.25) is 0 Å². The lowest BCUT2D eigenvalue weighted by Gasteiger charge is -2.17. The highest BCUT2D eigenvalue weighted by molar-refractivity contribution is 7.09. The Kier molecular flexibility index (Phi) is 4.33. The molecule has 18 heavy (non-hydrogen) atoms. The molecule has 1 aromatic heterocycles. The highest BCUT2D eigenvalue weighted by atomic mass is 32.1. The van der Waals surface area contributed by atoms with Crippen molar-refractivity contribution in [2.24, 2.45) is 0 Å². The van der Waals surface area contributed by atoms with Crippen LogP contribution in [0.5, 0.6) is 5.75 Å². The average Bonchev–Trinajstić information content (AvgIpc) is 2.89. The molecule has 0 saturated carbocycles. The van der Waals surface area contributed by atoms with Crippen molar-refractivity contribution in [3.05, 3.63) is 52.0 Å². The van der Waals surface area contributed by atoms with Gasteiger partial charge in [-0.05, 0) is 36.6 Å². The number of hydrogen-bond acceptors (Lipinski definition) is 3. The fourth-order valence-electron chi connectivity index (χ4n) is 1.82. The minimum Gasteiger partial charge on any atom is -0.496 e. The normalized spacial score (nSPS) is 12.4. The van der Waals surface area contributed by atoms with Crippen molar-refractivity contribution in [2.45, 2.75) is 19.5 Å². The van der Waals surface area contributed by atoms with Crippen molar-refractivity contribution in [1.82, 2.24) is 5.32 Å². The van der Waals surface area contributed by atoms with Crippen molar-refractivity contribution in [3.8, 4) is 5.75 Å². The standard InChI is InChI=1S/C14H16FNOS/c1-10(16-9-12-4-3-7-18-12)13-8-11(15)5-6-14(13)17-2/h3-8,10,16H,9H2,1-2H3/t10-/m1/s1. The van der Waals surface area contributed by atoms with Gasteiger partial charge in [-0.2, -0.15) is 0 Å². The van der Waals surface area contributed by atoms with E-state index in [9.17, 15) is 4.39 Å². The predicted octanol–water partition coefficient (Wildman–Crippen LogP) is 3.75. The van der Waals surface area contributed by atoms with Crippen LogP contribution in [-0.4, -0.2) is 7.11 Å². The van der Waals surface area contributed by atoms with Gasteiger partial charge in [-0.25, -0.2) is 4.39 Å². The molecule has 2 rings (SSSR count). The first kappa shape index (κ1) is 13.1. The van der Waals surface area contributed by atoms with Gasteiger partial charge in [0.1, 0.15) is 11.6 Å². The van der Waals surface area contributed by atoms with Gasteiger partial charge in [0.15, 0.2) is 0 Å². The molecular weight excluding hydrogens is 249 g/mol. The van der Waals surface area contributed by atoms with Gasteiger partial charge < -0.3 is 10.1 Å². The van der Waals surface area contributed by atoms with E-state index in [0.717, 1.165) is 12.1 Å². The summed E-state index contributed by atoms with van der Waals surface area (Å²) < 4.78 is 18.5. The van der Waals surface area contributed by atoms with Crippen molar-refractivity contribution in [1.29, 1.82) is 0 Å². The quantitative estimate of drug-likeness (QED) is 0.889. The number of ether oxygens (including phenoxy) is 1. The maximum absolute atomic E-state index is 13.3. The fraction of sp³-hybridized carbons (Fsp3) is 0.286. The Hall–Kier alpha value is -1.39. The summed E-state index contributed by atoms with van der Waals surface area (Å²) in [5.41, 5.74) is 0.842. The summed E-state index contributed by atoms with van der Waals surface area (Å²) in [6.45, 7) is 2.78. The third kappa shape index (κ3) is 3.09. The topological polar surface area (TPSA) is 21.3 Å². The van der Waals surface area contributed by atoms with Crippen molar-refractivity contribution in [2.75, 3.05) is 7.11 Å². The van der Waals surface area contributed by atoms with Crippen LogP contribution >= 0.6 is 11.3 Å². The zero-order chi connectivity index (χ0) is 13.0. The van der Waals surface area contributed by atoms with Gasteiger partial charge >= 0.3 is 0 Å². The van der Waals surface area contributed by atoms with Crippen LogP contribution in [0.25, 0.3) is 0 Å². The molecule has 0 aliphatic heterocycles. The maximum atomic E-state index is 13.3. The average molecular weight is 265 g/mol. The number of hydrogen-bond donors (Lipinski definition) is 1. The molecule has 0 aliphatic rings. The van der Waals surface area contributed by atoms with Gasteiger partial charge in [-0.3, -0.25) is 0 Å². The van der Waals surface area contributed by atoms with E-state index >= 15 is 0 Å². The molecule has 2 aromatic rings. The molecule has 96 valence electrons. The molecule has 0 aliphatic carbocycles. The summed E-state index contributed by atoms with van der Waals surface area (Å²) in [5.74, 6) is 0.471. The number of benzene rings is 1. The third-order valence-corrected chi connectivity index (χ3v) is 3.70. The predicted molar refractivity (Wildman–Crippen MR) is 72.5 cm³/mol. The minimum absolute atomic E-state index is 0.0396. The molecule has 2 nitrogen and oxygen atoms in total. The maximum Gasteiger partial charge on any atom is 0.123 e. The number of nitrogens with one attached hydrogen (secondary N) is 1. The zero-order valence-electron chi connectivity index (χ0n) is 10.4. The molecule has 0 fully saturated rings. The summed E-state index contributed by atoms with van der Waals surface area (Å²) >= 11 is 1.71. The van der Waals surface area contributed by atoms with Gasteiger partial charge in [0, 0.05) is 23.0 Å². The molecule has 0 amide bonds. The molecule has 4 heteroatoms. The molecule has 1 aromatic carbocycles. The number of thiophene rings is 1. The number of halogens is 1. The van der Waals surface area contributed by atoms with Crippen LogP contribution in [0.2, 0.25) is 0 Å². The van der Waals surface area contributed by atoms with Crippen molar-refractivity contribution in [3.63, 3.8) is 0 Å². The minimum atomic E-state index is -0.240. The summed E-state index contributed by atoms with van der Waals surface area (Å²) in [6, 6.07) is 8.73. The molecule has 0 spiro atoms. The van der Waals surface area contributed by atoms with E-state index in [1.165, 1.54) is 17.0 Å². The van der Waals surface area contributed by atoms with E-state index in [1.54, 1.807) is 24.5 Å². The summed E-state index contributed by atoms with van der Waals surface area (Å²) in [5, 5.41) is 5.41. The van der Waals surface area contributed by atoms with Crippen LogP contribution in [0.4, 0.5) is 4.39 Å². The Morgan fingerprint density at radius 2 is 2.22 bits per heavy atom. The highest BCUT2D eigenvalue weighted by Crippen LogP contribution is 2.26. The second-order valence-corrected chi connectivity index (χ2v) is 5.10. The Labute approximate surface area is 110 Å². The zero-order valence-corrected chi connectivity index (χ0v) is 11.3. The molecule has 0 radical (unpaired) electrons. The first-order chi connectivity index (χ1) is 8.70. The van der Waals surface area contributed by atoms with E-state index in [1.807, 2.05) is 18.4 Å². The lowest BCUT2D eigenvalue weighted by molar-refractivity contribution is 0.400. The first-order valence-electron chi connectivity index (χ1n) is 5.80. The van der Waals surface area contributed by atoms with Crippen molar-refractivity contribution >= 4 is 11.3 Å². The van der Waals surface area contributed by atoms with Crippen LogP contribution in [0.15, 0.2) is 35.7 Å². The highest BCUT2D eigenvalue weighted by Gasteiger charge is 2.12. The SMILES string of the molecule is COc1ccc(F)cc1[C@@H](C)NCc1cccs1. The summed E-state index contributed by atoms with van der Waals surface area (Å²) in [4.78, 5) is 1.26. The monoisotopic (exact) mass is 265 g/mol. The van der Waals surface area contributed by atoms with E-state index < -0.39 is 0 Å². The van der Waals surface area contributed by atoms with Crippen LogP contribution in [0.1, 0.15) is 23.4 Å².